The van der Waals surface area contributed by atoms with Crippen LogP contribution in [0.3, 0.4) is 0 Å². The first kappa shape index (κ1) is 8.00. The molecule has 1 N–H and O–H groups in total. The van der Waals surface area contributed by atoms with E-state index >= 15 is 0 Å². The summed E-state index contributed by atoms with van der Waals surface area (Å²) in [6.45, 7) is 0. The lowest BCUT2D eigenvalue weighted by Crippen LogP contribution is -1.88. The summed E-state index contributed by atoms with van der Waals surface area (Å²) in [6.07, 6.45) is 0. The first-order valence-corrected chi connectivity index (χ1v) is 3.85. The van der Waals surface area contributed by atoms with E-state index in [1.807, 2.05) is 0 Å². The summed E-state index contributed by atoms with van der Waals surface area (Å²) in [4.78, 5) is 9.96. The van der Waals surface area contributed by atoms with Gasteiger partial charge in [0.25, 0.3) is 0 Å². The Labute approximate surface area is 77.5 Å². The molecule has 1 aromatic heterocycles. The highest BCUT2D eigenvalue weighted by molar-refractivity contribution is 6.36. The Morgan fingerprint density at radius 2 is 2.31 bits per heavy atom. The molecule has 5 nitrogen and oxygen atoms in total. The van der Waals surface area contributed by atoms with E-state index in [1.165, 1.54) is 0 Å². The van der Waals surface area contributed by atoms with Crippen LogP contribution in [0.25, 0.3) is 10.9 Å². The molecule has 6 heteroatoms. The molecule has 0 saturated heterocycles. The van der Waals surface area contributed by atoms with E-state index < -0.39 is 4.92 Å². The monoisotopic (exact) mass is 197 g/mol. The molecule has 2 aromatic rings. The maximum Gasteiger partial charge on any atom is 0.352 e. The molecule has 0 bridgehead atoms. The summed E-state index contributed by atoms with van der Waals surface area (Å²) >= 11 is 5.78. The number of aromatic amines is 1. The fourth-order valence-electron chi connectivity index (χ4n) is 1.14. The minimum Gasteiger partial charge on any atom is -0.358 e. The Hall–Kier alpha value is -1.62. The molecule has 2 rings (SSSR count). The lowest BCUT2D eigenvalue weighted by molar-refractivity contribution is -0.387. The van der Waals surface area contributed by atoms with Crippen molar-refractivity contribution < 1.29 is 4.92 Å². The molecule has 0 atom stereocenters. The zero-order valence-corrected chi connectivity index (χ0v) is 7.08. The number of nitro groups is 1. The third-order valence-electron chi connectivity index (χ3n) is 1.69. The van der Waals surface area contributed by atoms with Gasteiger partial charge in [-0.25, -0.2) is 0 Å². The quantitative estimate of drug-likeness (QED) is 0.562. The van der Waals surface area contributed by atoms with Crippen LogP contribution in [0.4, 0.5) is 5.82 Å². The predicted molar refractivity (Wildman–Crippen MR) is 47.8 cm³/mol. The molecule has 0 fully saturated rings. The van der Waals surface area contributed by atoms with Crippen molar-refractivity contribution in [2.45, 2.75) is 0 Å². The summed E-state index contributed by atoms with van der Waals surface area (Å²) in [5.74, 6) is -0.166. The van der Waals surface area contributed by atoms with Crippen molar-refractivity contribution in [1.29, 1.82) is 0 Å². The van der Waals surface area contributed by atoms with Crippen molar-refractivity contribution in [3.05, 3.63) is 33.3 Å². The maximum atomic E-state index is 10.5. The van der Waals surface area contributed by atoms with E-state index in [9.17, 15) is 10.1 Å². The SMILES string of the molecule is O=[N+]([O-])c1[nH]nc2cccc(Cl)c12. The highest BCUT2D eigenvalue weighted by atomic mass is 35.5. The molecular formula is C7H4ClN3O2. The molecule has 0 unspecified atom stereocenters. The Balaban J connectivity index is 2.86. The minimum atomic E-state index is -0.540. The highest BCUT2D eigenvalue weighted by Gasteiger charge is 2.16. The second kappa shape index (κ2) is 2.70. The zero-order valence-electron chi connectivity index (χ0n) is 6.32. The van der Waals surface area contributed by atoms with Crippen molar-refractivity contribution in [2.24, 2.45) is 0 Å². The summed E-state index contributed by atoms with van der Waals surface area (Å²) < 4.78 is 0. The molecule has 0 radical (unpaired) electrons. The van der Waals surface area contributed by atoms with Crippen LogP contribution in [0.5, 0.6) is 0 Å². The van der Waals surface area contributed by atoms with Crippen LogP contribution in [0, 0.1) is 10.1 Å². The van der Waals surface area contributed by atoms with Gasteiger partial charge in [-0.15, -0.1) is 5.10 Å². The van der Waals surface area contributed by atoms with Crippen LogP contribution < -0.4 is 0 Å². The van der Waals surface area contributed by atoms with Crippen LogP contribution >= 0.6 is 11.6 Å². The van der Waals surface area contributed by atoms with E-state index in [2.05, 4.69) is 10.2 Å². The van der Waals surface area contributed by atoms with Gasteiger partial charge in [-0.05, 0) is 17.1 Å². The summed E-state index contributed by atoms with van der Waals surface area (Å²) in [5, 5.41) is 17.3. The van der Waals surface area contributed by atoms with Gasteiger partial charge >= 0.3 is 5.82 Å². The summed E-state index contributed by atoms with van der Waals surface area (Å²) in [5.41, 5.74) is 0.499. The van der Waals surface area contributed by atoms with Crippen LogP contribution in [0.2, 0.25) is 5.02 Å². The maximum absolute atomic E-state index is 10.5. The number of halogens is 1. The van der Waals surface area contributed by atoms with Gasteiger partial charge in [0.2, 0.25) is 0 Å². The summed E-state index contributed by atoms with van der Waals surface area (Å²) in [6, 6.07) is 4.94. The molecule has 0 saturated carbocycles. The molecule has 0 spiro atoms. The van der Waals surface area contributed by atoms with E-state index in [0.29, 0.717) is 15.9 Å². The number of fused-ring (bicyclic) bond motifs is 1. The number of nitrogens with zero attached hydrogens (tertiary/aromatic N) is 2. The van der Waals surface area contributed by atoms with Gasteiger partial charge in [-0.2, -0.15) is 0 Å². The Morgan fingerprint density at radius 1 is 1.54 bits per heavy atom. The predicted octanol–water partition coefficient (Wildman–Crippen LogP) is 2.12. The van der Waals surface area contributed by atoms with Crippen LogP contribution in [-0.4, -0.2) is 15.1 Å². The van der Waals surface area contributed by atoms with Gasteiger partial charge in [0.05, 0.1) is 5.02 Å². The fourth-order valence-corrected chi connectivity index (χ4v) is 1.40. The molecule has 1 heterocycles. The van der Waals surface area contributed by atoms with E-state index in [0.717, 1.165) is 0 Å². The van der Waals surface area contributed by atoms with Crippen LogP contribution in [0.1, 0.15) is 0 Å². The Bertz CT molecular complexity index is 480. The first-order valence-electron chi connectivity index (χ1n) is 3.47. The third-order valence-corrected chi connectivity index (χ3v) is 2.01. The second-order valence-corrected chi connectivity index (χ2v) is 2.87. The minimum absolute atomic E-state index is 0.166. The Morgan fingerprint density at radius 3 is 3.00 bits per heavy atom. The highest BCUT2D eigenvalue weighted by Crippen LogP contribution is 2.29. The number of benzene rings is 1. The number of nitrogens with one attached hydrogen (secondary N) is 1. The van der Waals surface area contributed by atoms with Crippen molar-refractivity contribution in [1.82, 2.24) is 10.2 Å². The van der Waals surface area contributed by atoms with Crippen LogP contribution in [0.15, 0.2) is 18.2 Å². The topological polar surface area (TPSA) is 71.8 Å². The normalized spacial score (nSPS) is 10.5. The van der Waals surface area contributed by atoms with Crippen molar-refractivity contribution in [3.63, 3.8) is 0 Å². The van der Waals surface area contributed by atoms with Crippen LogP contribution in [-0.2, 0) is 0 Å². The van der Waals surface area contributed by atoms with Gasteiger partial charge in [0, 0.05) is 0 Å². The zero-order chi connectivity index (χ0) is 9.42. The first-order chi connectivity index (χ1) is 6.20. The molecular weight excluding hydrogens is 194 g/mol. The van der Waals surface area contributed by atoms with E-state index in [4.69, 9.17) is 11.6 Å². The lowest BCUT2D eigenvalue weighted by atomic mass is 10.2. The van der Waals surface area contributed by atoms with Crippen molar-refractivity contribution in [3.8, 4) is 0 Å². The average Bonchev–Trinajstić information content (AvgIpc) is 2.49. The molecule has 0 aliphatic rings. The number of hydrogen-bond donors (Lipinski definition) is 1. The van der Waals surface area contributed by atoms with Gasteiger partial charge in [-0.1, -0.05) is 22.8 Å². The molecule has 0 amide bonds. The van der Waals surface area contributed by atoms with Gasteiger partial charge in [-0.3, -0.25) is 0 Å². The molecule has 66 valence electrons. The average molecular weight is 198 g/mol. The Kier molecular flexibility index (Phi) is 1.66. The third kappa shape index (κ3) is 1.13. The van der Waals surface area contributed by atoms with E-state index in [-0.39, 0.29) is 5.82 Å². The lowest BCUT2D eigenvalue weighted by Gasteiger charge is -1.92. The van der Waals surface area contributed by atoms with E-state index in [1.54, 1.807) is 18.2 Å². The molecule has 13 heavy (non-hydrogen) atoms. The van der Waals surface area contributed by atoms with Gasteiger partial charge in [0.1, 0.15) is 10.9 Å². The standard InChI is InChI=1S/C7H4ClN3O2/c8-4-2-1-3-5-6(4)7(10-9-5)11(12)13/h1-3H,(H,9,10). The fraction of sp³-hybridized carbons (Fsp3) is 0. The van der Waals surface area contributed by atoms with Crippen molar-refractivity contribution in [2.75, 3.05) is 0 Å². The number of rotatable bonds is 1. The summed E-state index contributed by atoms with van der Waals surface area (Å²) in [7, 11) is 0. The number of aromatic nitrogens is 2. The molecule has 0 aliphatic heterocycles. The smallest absolute Gasteiger partial charge is 0.352 e. The van der Waals surface area contributed by atoms with Gasteiger partial charge in [0.15, 0.2) is 0 Å². The molecule has 0 aliphatic carbocycles. The number of H-pyrrole nitrogens is 1. The van der Waals surface area contributed by atoms with Crippen molar-refractivity contribution >= 4 is 28.3 Å². The largest absolute Gasteiger partial charge is 0.358 e. The van der Waals surface area contributed by atoms with Gasteiger partial charge < -0.3 is 10.1 Å². The molecule has 1 aromatic carbocycles. The second-order valence-electron chi connectivity index (χ2n) is 2.46. The number of hydrogen-bond acceptors (Lipinski definition) is 3.